The minimum Gasteiger partial charge on any atom is -0.235 e. The van der Waals surface area contributed by atoms with Crippen LogP contribution in [0.1, 0.15) is 6.92 Å². The molecule has 0 aliphatic carbocycles. The summed E-state index contributed by atoms with van der Waals surface area (Å²) in [6.45, 7) is 1.53. The highest BCUT2D eigenvalue weighted by Gasteiger charge is 1.91. The van der Waals surface area contributed by atoms with Crippen LogP contribution < -0.4 is 0 Å². The Bertz CT molecular complexity index is 30.0. The lowest BCUT2D eigenvalue weighted by molar-refractivity contribution is 0.486. The van der Waals surface area contributed by atoms with Crippen molar-refractivity contribution in [2.75, 3.05) is 6.26 Å². The molecule has 0 radical (unpaired) electrons. The van der Waals surface area contributed by atoms with E-state index in [0.717, 1.165) is 0 Å². The van der Waals surface area contributed by atoms with Crippen molar-refractivity contribution in [2.24, 2.45) is 0 Å². The molecule has 0 rings (SSSR count). The Kier molecular flexibility index (Phi) is 4.21. The Morgan fingerprint density at radius 3 is 2.17 bits per heavy atom. The maximum Gasteiger partial charge on any atom is 0.152 e. The lowest BCUT2D eigenvalue weighted by Gasteiger charge is -1.91. The molecular weight excluding hydrogens is 119 g/mol. The van der Waals surface area contributed by atoms with Crippen LogP contribution in [0.2, 0.25) is 0 Å². The third kappa shape index (κ3) is 4.63. The molecule has 38 valence electrons. The molecule has 0 saturated heterocycles. The molecular formula is C3H7FS2. The van der Waals surface area contributed by atoms with E-state index in [0.29, 0.717) is 0 Å². The zero-order valence-electron chi connectivity index (χ0n) is 3.77. The van der Waals surface area contributed by atoms with Crippen molar-refractivity contribution < 1.29 is 4.39 Å². The smallest absolute Gasteiger partial charge is 0.152 e. The van der Waals surface area contributed by atoms with Gasteiger partial charge in [0.25, 0.3) is 0 Å². The maximum atomic E-state index is 11.6. The van der Waals surface area contributed by atoms with Gasteiger partial charge in [-0.3, -0.25) is 0 Å². The molecule has 3 heteroatoms. The number of halogens is 1. The highest BCUT2D eigenvalue weighted by Crippen LogP contribution is 2.23. The highest BCUT2D eigenvalue weighted by molar-refractivity contribution is 8.76. The first kappa shape index (κ1) is 6.63. The predicted molar refractivity (Wildman–Crippen MR) is 31.7 cm³/mol. The van der Waals surface area contributed by atoms with Gasteiger partial charge in [-0.05, 0) is 13.2 Å². The van der Waals surface area contributed by atoms with Crippen LogP contribution in [0.3, 0.4) is 0 Å². The van der Waals surface area contributed by atoms with Gasteiger partial charge >= 0.3 is 0 Å². The molecule has 0 saturated carbocycles. The number of alkyl halides is 1. The molecule has 0 amide bonds. The molecule has 1 unspecified atom stereocenters. The summed E-state index contributed by atoms with van der Waals surface area (Å²) in [5.74, 6) is 0. The fourth-order valence-electron chi connectivity index (χ4n) is 0.133. The molecule has 0 aromatic carbocycles. The molecule has 0 N–H and O–H groups in total. The zero-order valence-corrected chi connectivity index (χ0v) is 5.40. The molecule has 0 nitrogen and oxygen atoms in total. The second-order valence-corrected chi connectivity index (χ2v) is 3.56. The van der Waals surface area contributed by atoms with Gasteiger partial charge in [0.1, 0.15) is 0 Å². The third-order valence-corrected chi connectivity index (χ3v) is 2.06. The van der Waals surface area contributed by atoms with E-state index in [9.17, 15) is 4.39 Å². The average Bonchev–Trinajstić information content (AvgIpc) is 1.35. The molecule has 0 heterocycles. The van der Waals surface area contributed by atoms with E-state index in [4.69, 9.17) is 0 Å². The van der Waals surface area contributed by atoms with Crippen LogP contribution in [0.15, 0.2) is 0 Å². The lowest BCUT2D eigenvalue weighted by atomic mass is 10.9. The number of hydrogen-bond acceptors (Lipinski definition) is 2. The summed E-state index contributed by atoms with van der Waals surface area (Å²) in [4.78, 5) is 0. The van der Waals surface area contributed by atoms with E-state index in [1.807, 2.05) is 6.26 Å². The summed E-state index contributed by atoms with van der Waals surface area (Å²) in [6.07, 6.45) is 1.86. The Morgan fingerprint density at radius 1 is 1.67 bits per heavy atom. The monoisotopic (exact) mass is 126 g/mol. The van der Waals surface area contributed by atoms with E-state index in [1.54, 1.807) is 0 Å². The first-order valence-electron chi connectivity index (χ1n) is 1.61. The first-order chi connectivity index (χ1) is 2.77. The van der Waals surface area contributed by atoms with Crippen molar-refractivity contribution in [3.05, 3.63) is 0 Å². The summed E-state index contributed by atoms with van der Waals surface area (Å²) in [6, 6.07) is 0. The van der Waals surface area contributed by atoms with Crippen molar-refractivity contribution in [1.82, 2.24) is 0 Å². The Labute approximate surface area is 45.3 Å². The highest BCUT2D eigenvalue weighted by atomic mass is 33.1. The standard InChI is InChI=1S/C3H7FS2/c1-3(4)6-5-2/h3H,1-2H3. The van der Waals surface area contributed by atoms with Crippen molar-refractivity contribution in [1.29, 1.82) is 0 Å². The van der Waals surface area contributed by atoms with Crippen LogP contribution >= 0.6 is 21.6 Å². The predicted octanol–water partition coefficient (Wildman–Crippen LogP) is 2.31. The Hall–Kier alpha value is 0.630. The van der Waals surface area contributed by atoms with Crippen molar-refractivity contribution >= 4 is 21.6 Å². The summed E-state index contributed by atoms with van der Waals surface area (Å²) in [7, 11) is 2.69. The van der Waals surface area contributed by atoms with Crippen LogP contribution in [-0.2, 0) is 0 Å². The van der Waals surface area contributed by atoms with Gasteiger partial charge in [-0.1, -0.05) is 21.6 Å². The molecule has 0 aromatic rings. The quantitative estimate of drug-likeness (QED) is 0.521. The van der Waals surface area contributed by atoms with Crippen molar-refractivity contribution in [3.63, 3.8) is 0 Å². The SMILES string of the molecule is CSSC(C)F. The van der Waals surface area contributed by atoms with Crippen molar-refractivity contribution in [2.45, 2.75) is 12.4 Å². The van der Waals surface area contributed by atoms with Gasteiger partial charge in [-0.25, -0.2) is 4.39 Å². The summed E-state index contributed by atoms with van der Waals surface area (Å²) >= 11 is 0. The van der Waals surface area contributed by atoms with Gasteiger partial charge in [-0.15, -0.1) is 0 Å². The summed E-state index contributed by atoms with van der Waals surface area (Å²) in [5.41, 5.74) is -0.722. The Balaban J connectivity index is 2.63. The molecule has 6 heavy (non-hydrogen) atoms. The summed E-state index contributed by atoms with van der Waals surface area (Å²) in [5, 5.41) is 0. The van der Waals surface area contributed by atoms with Gasteiger partial charge in [0, 0.05) is 0 Å². The maximum absolute atomic E-state index is 11.6. The normalized spacial score (nSPS) is 14.5. The van der Waals surface area contributed by atoms with E-state index < -0.39 is 5.50 Å². The second kappa shape index (κ2) is 3.81. The van der Waals surface area contributed by atoms with E-state index in [2.05, 4.69) is 0 Å². The van der Waals surface area contributed by atoms with Crippen LogP contribution in [0.4, 0.5) is 4.39 Å². The molecule has 0 spiro atoms. The molecule has 1 atom stereocenters. The molecule has 0 aromatic heterocycles. The van der Waals surface area contributed by atoms with Crippen molar-refractivity contribution in [3.8, 4) is 0 Å². The fraction of sp³-hybridized carbons (Fsp3) is 1.00. The fourth-order valence-corrected chi connectivity index (χ4v) is 1.19. The van der Waals surface area contributed by atoms with Crippen LogP contribution in [0, 0.1) is 0 Å². The zero-order chi connectivity index (χ0) is 4.99. The Morgan fingerprint density at radius 2 is 2.17 bits per heavy atom. The van der Waals surface area contributed by atoms with E-state index in [-0.39, 0.29) is 0 Å². The summed E-state index contributed by atoms with van der Waals surface area (Å²) < 4.78 is 11.6. The minimum absolute atomic E-state index is 0.722. The number of hydrogen-bond donors (Lipinski definition) is 0. The van der Waals surface area contributed by atoms with Crippen LogP contribution in [-0.4, -0.2) is 11.8 Å². The first-order valence-corrected chi connectivity index (χ1v) is 4.23. The number of rotatable bonds is 2. The van der Waals surface area contributed by atoms with Gasteiger partial charge < -0.3 is 0 Å². The van der Waals surface area contributed by atoms with Gasteiger partial charge in [0.05, 0.1) is 0 Å². The molecule has 0 aliphatic rings. The van der Waals surface area contributed by atoms with Crippen LogP contribution in [0.25, 0.3) is 0 Å². The van der Waals surface area contributed by atoms with Gasteiger partial charge in [0.15, 0.2) is 5.50 Å². The van der Waals surface area contributed by atoms with E-state index >= 15 is 0 Å². The minimum atomic E-state index is -0.722. The molecule has 0 fully saturated rings. The molecule has 0 bridgehead atoms. The van der Waals surface area contributed by atoms with Crippen LogP contribution in [0.5, 0.6) is 0 Å². The lowest BCUT2D eigenvalue weighted by Crippen LogP contribution is -1.74. The topological polar surface area (TPSA) is 0 Å². The van der Waals surface area contributed by atoms with Gasteiger partial charge in [-0.2, -0.15) is 0 Å². The third-order valence-electron chi connectivity index (χ3n) is 0.229. The van der Waals surface area contributed by atoms with E-state index in [1.165, 1.54) is 28.5 Å². The molecule has 0 aliphatic heterocycles. The largest absolute Gasteiger partial charge is 0.235 e. The average molecular weight is 126 g/mol. The second-order valence-electron chi connectivity index (χ2n) is 0.806. The van der Waals surface area contributed by atoms with Gasteiger partial charge in [0.2, 0.25) is 0 Å².